The Morgan fingerprint density at radius 1 is 0.778 bits per heavy atom. The molecule has 3 N–H and O–H groups in total. The van der Waals surface area contributed by atoms with Crippen LogP contribution in [0.25, 0.3) is 0 Å². The zero-order valence-electron chi connectivity index (χ0n) is 19.6. The Morgan fingerprint density at radius 2 is 1.31 bits per heavy atom. The third kappa shape index (κ3) is 9.64. The number of alkyl halides is 6. The van der Waals surface area contributed by atoms with Crippen LogP contribution in [0.4, 0.5) is 47.3 Å². The van der Waals surface area contributed by atoms with Crippen molar-refractivity contribution in [2.24, 2.45) is 0 Å². The third-order valence-corrected chi connectivity index (χ3v) is 4.88. The van der Waals surface area contributed by atoms with Crippen LogP contribution in [-0.4, -0.2) is 62.1 Å². The first kappa shape index (κ1) is 28.8. The molecule has 0 fully saturated rings. The molecule has 13 heteroatoms. The molecule has 0 aliphatic rings. The maximum Gasteiger partial charge on any atom is 0.416 e. The Bertz CT molecular complexity index is 1030. The molecule has 0 aliphatic heterocycles. The van der Waals surface area contributed by atoms with Crippen molar-refractivity contribution in [2.45, 2.75) is 18.8 Å². The zero-order chi connectivity index (χ0) is 26.9. The molecule has 0 saturated carbocycles. The SMILES string of the molecule is CN(C)CCCN(CCNC(=O)Nc1cccc(C(F)(F)F)c1)C(=O)Nc1cccc(C(F)(F)F)c1. The number of hydrogen-bond donors (Lipinski definition) is 3. The average molecular weight is 519 g/mol. The van der Waals surface area contributed by atoms with Gasteiger partial charge in [-0.25, -0.2) is 9.59 Å². The number of nitrogens with zero attached hydrogens (tertiary/aromatic N) is 2. The second kappa shape index (κ2) is 12.5. The van der Waals surface area contributed by atoms with Crippen molar-refractivity contribution >= 4 is 23.4 Å². The van der Waals surface area contributed by atoms with Crippen LogP contribution in [0.15, 0.2) is 48.5 Å². The van der Waals surface area contributed by atoms with E-state index < -0.39 is 35.5 Å². The lowest BCUT2D eigenvalue weighted by Crippen LogP contribution is -2.42. The van der Waals surface area contributed by atoms with Gasteiger partial charge in [0.05, 0.1) is 11.1 Å². The fraction of sp³-hybridized carbons (Fsp3) is 0.391. The molecule has 0 unspecified atom stereocenters. The van der Waals surface area contributed by atoms with Gasteiger partial charge in [-0.2, -0.15) is 26.3 Å². The van der Waals surface area contributed by atoms with E-state index in [-0.39, 0.29) is 31.0 Å². The number of halogens is 6. The first-order chi connectivity index (χ1) is 16.8. The molecule has 0 aliphatic carbocycles. The molecule has 0 aromatic heterocycles. The van der Waals surface area contributed by atoms with Crippen molar-refractivity contribution in [3.05, 3.63) is 59.7 Å². The highest BCUT2D eigenvalue weighted by atomic mass is 19.4. The summed E-state index contributed by atoms with van der Waals surface area (Å²) in [5.74, 6) is 0. The van der Waals surface area contributed by atoms with E-state index in [2.05, 4.69) is 16.0 Å². The van der Waals surface area contributed by atoms with Crippen LogP contribution in [0.1, 0.15) is 17.5 Å². The van der Waals surface area contributed by atoms with E-state index >= 15 is 0 Å². The molecule has 0 bridgehead atoms. The number of benzene rings is 2. The Balaban J connectivity index is 1.97. The van der Waals surface area contributed by atoms with Gasteiger partial charge in [0.15, 0.2) is 0 Å². The lowest BCUT2D eigenvalue weighted by Gasteiger charge is -2.24. The first-order valence-corrected chi connectivity index (χ1v) is 10.9. The maximum absolute atomic E-state index is 13.0. The van der Waals surface area contributed by atoms with E-state index in [1.165, 1.54) is 23.1 Å². The number of rotatable bonds is 9. The van der Waals surface area contributed by atoms with Gasteiger partial charge < -0.3 is 25.8 Å². The van der Waals surface area contributed by atoms with Crippen molar-refractivity contribution in [1.29, 1.82) is 0 Å². The lowest BCUT2D eigenvalue weighted by atomic mass is 10.2. The number of hydrogen-bond acceptors (Lipinski definition) is 3. The van der Waals surface area contributed by atoms with Crippen LogP contribution in [0.3, 0.4) is 0 Å². The maximum atomic E-state index is 13.0. The molecule has 4 amide bonds. The summed E-state index contributed by atoms with van der Waals surface area (Å²) < 4.78 is 77.4. The summed E-state index contributed by atoms with van der Waals surface area (Å²) in [6, 6.07) is 6.88. The second-order valence-electron chi connectivity index (χ2n) is 8.11. The van der Waals surface area contributed by atoms with Gasteiger partial charge in [0.2, 0.25) is 0 Å². The fourth-order valence-electron chi connectivity index (χ4n) is 3.12. The van der Waals surface area contributed by atoms with Gasteiger partial charge in [-0.05, 0) is 63.5 Å². The lowest BCUT2D eigenvalue weighted by molar-refractivity contribution is -0.138. The highest BCUT2D eigenvalue weighted by molar-refractivity contribution is 5.90. The van der Waals surface area contributed by atoms with Gasteiger partial charge in [0.25, 0.3) is 0 Å². The van der Waals surface area contributed by atoms with Crippen LogP contribution in [0.5, 0.6) is 0 Å². The van der Waals surface area contributed by atoms with Crippen molar-refractivity contribution in [1.82, 2.24) is 15.1 Å². The van der Waals surface area contributed by atoms with Crippen molar-refractivity contribution in [3.63, 3.8) is 0 Å². The minimum absolute atomic E-state index is 0.00817. The Morgan fingerprint density at radius 3 is 1.81 bits per heavy atom. The van der Waals surface area contributed by atoms with Crippen molar-refractivity contribution in [2.75, 3.05) is 50.9 Å². The Labute approximate surface area is 204 Å². The summed E-state index contributed by atoms with van der Waals surface area (Å²) in [4.78, 5) is 28.1. The number of carbonyl (C=O) groups is 2. The van der Waals surface area contributed by atoms with Crippen LogP contribution >= 0.6 is 0 Å². The quantitative estimate of drug-likeness (QED) is 0.392. The Kier molecular flexibility index (Phi) is 9.96. The first-order valence-electron chi connectivity index (χ1n) is 10.9. The average Bonchev–Trinajstić information content (AvgIpc) is 2.77. The van der Waals surface area contributed by atoms with Gasteiger partial charge in [0, 0.05) is 31.0 Å². The van der Waals surface area contributed by atoms with E-state index in [0.29, 0.717) is 13.0 Å². The number of urea groups is 2. The summed E-state index contributed by atoms with van der Waals surface area (Å²) in [6.45, 7) is 0.841. The normalized spacial score (nSPS) is 11.8. The summed E-state index contributed by atoms with van der Waals surface area (Å²) in [7, 11) is 3.68. The molecule has 0 spiro atoms. The number of amides is 4. The topological polar surface area (TPSA) is 76.7 Å². The van der Waals surface area contributed by atoms with Crippen LogP contribution in [0.2, 0.25) is 0 Å². The molecule has 0 radical (unpaired) electrons. The van der Waals surface area contributed by atoms with E-state index in [1.54, 1.807) is 0 Å². The standard InChI is InChI=1S/C23H27F6N5O2/c1-33(2)11-5-12-34(21(36)32-19-9-4-7-17(15-19)23(27,28)29)13-10-30-20(35)31-18-8-3-6-16(14-18)22(24,25)26/h3-4,6-9,14-15H,5,10-13H2,1-2H3,(H,32,36)(H2,30,31,35). The van der Waals surface area contributed by atoms with Gasteiger partial charge in [-0.3, -0.25) is 0 Å². The van der Waals surface area contributed by atoms with Gasteiger partial charge in [-0.15, -0.1) is 0 Å². The number of anilines is 2. The minimum Gasteiger partial charge on any atom is -0.336 e. The summed E-state index contributed by atoms with van der Waals surface area (Å²) in [5, 5.41) is 7.18. The van der Waals surface area contributed by atoms with E-state index in [4.69, 9.17) is 0 Å². The molecular weight excluding hydrogens is 492 g/mol. The number of carbonyl (C=O) groups excluding carboxylic acids is 2. The predicted molar refractivity (Wildman–Crippen MR) is 124 cm³/mol. The van der Waals surface area contributed by atoms with E-state index in [9.17, 15) is 35.9 Å². The van der Waals surface area contributed by atoms with Crippen molar-refractivity contribution < 1.29 is 35.9 Å². The van der Waals surface area contributed by atoms with E-state index in [1.807, 2.05) is 19.0 Å². The summed E-state index contributed by atoms with van der Waals surface area (Å²) >= 11 is 0. The highest BCUT2D eigenvalue weighted by Crippen LogP contribution is 2.31. The molecular formula is C23H27F6N5O2. The van der Waals surface area contributed by atoms with Crippen LogP contribution in [-0.2, 0) is 12.4 Å². The van der Waals surface area contributed by atoms with Crippen molar-refractivity contribution in [3.8, 4) is 0 Å². The smallest absolute Gasteiger partial charge is 0.336 e. The molecule has 0 heterocycles. The third-order valence-electron chi connectivity index (χ3n) is 4.88. The molecule has 198 valence electrons. The highest BCUT2D eigenvalue weighted by Gasteiger charge is 2.31. The summed E-state index contributed by atoms with van der Waals surface area (Å²) in [5.41, 5.74) is -1.93. The monoisotopic (exact) mass is 519 g/mol. The largest absolute Gasteiger partial charge is 0.416 e. The fourth-order valence-corrected chi connectivity index (χ4v) is 3.12. The van der Waals surface area contributed by atoms with Gasteiger partial charge in [-0.1, -0.05) is 12.1 Å². The molecule has 2 aromatic carbocycles. The second-order valence-corrected chi connectivity index (χ2v) is 8.11. The minimum atomic E-state index is -4.57. The molecule has 0 saturated heterocycles. The summed E-state index contributed by atoms with van der Waals surface area (Å²) in [6.07, 6.45) is -8.57. The van der Waals surface area contributed by atoms with Crippen LogP contribution < -0.4 is 16.0 Å². The number of nitrogens with one attached hydrogen (secondary N) is 3. The molecule has 7 nitrogen and oxygen atoms in total. The van der Waals surface area contributed by atoms with Gasteiger partial charge in [0.1, 0.15) is 0 Å². The zero-order valence-corrected chi connectivity index (χ0v) is 19.6. The Hall–Kier alpha value is -3.48. The molecule has 36 heavy (non-hydrogen) atoms. The van der Waals surface area contributed by atoms with Gasteiger partial charge >= 0.3 is 24.4 Å². The molecule has 2 aromatic rings. The van der Waals surface area contributed by atoms with E-state index in [0.717, 1.165) is 30.3 Å². The van der Waals surface area contributed by atoms with Crippen LogP contribution in [0, 0.1) is 0 Å². The molecule has 0 atom stereocenters. The predicted octanol–water partition coefficient (Wildman–Crippen LogP) is 5.33. The molecule has 2 rings (SSSR count).